The number of rotatable bonds is 7. The van der Waals surface area contributed by atoms with Crippen LogP contribution in [0.3, 0.4) is 0 Å². The molecule has 0 radical (unpaired) electrons. The number of nitrogens with two attached hydrogens (primary N) is 1. The maximum atomic E-state index is 12.8. The molecule has 0 spiro atoms. The monoisotopic (exact) mass is 411 g/mol. The minimum Gasteiger partial charge on any atom is -0.460 e. The van der Waals surface area contributed by atoms with Crippen molar-refractivity contribution in [3.63, 3.8) is 0 Å². The number of H-pyrrole nitrogens is 1. The summed E-state index contributed by atoms with van der Waals surface area (Å²) in [7, 11) is -4.83. The summed E-state index contributed by atoms with van der Waals surface area (Å²) in [6, 6.07) is 4.21. The number of benzene rings is 1. The molecule has 0 fully saturated rings. The van der Waals surface area contributed by atoms with Gasteiger partial charge in [0.25, 0.3) is 5.56 Å². The first kappa shape index (κ1) is 19.4. The van der Waals surface area contributed by atoms with Gasteiger partial charge in [-0.25, -0.2) is 9.78 Å². The van der Waals surface area contributed by atoms with Crippen molar-refractivity contribution in [3.8, 4) is 0 Å². The van der Waals surface area contributed by atoms with E-state index in [1.165, 1.54) is 10.9 Å². The van der Waals surface area contributed by atoms with Crippen molar-refractivity contribution < 1.29 is 26.6 Å². The van der Waals surface area contributed by atoms with Gasteiger partial charge in [-0.3, -0.25) is 14.3 Å². The quantitative estimate of drug-likeness (QED) is 0.314. The van der Waals surface area contributed by atoms with Gasteiger partial charge in [-0.15, -0.1) is 3.89 Å². The standard InChI is InChI=1S/C15H14FN5O6S/c16-28(24,25)10-3-1-9(2-4-10)14(23)27-6-5-26-8-21-7-18-11-12(21)19-15(17)20-13(11)22/h1-4,7H,5-6,8H2,(H3,17,19,20,22). The zero-order chi connectivity index (χ0) is 20.3. The molecule has 11 nitrogen and oxygen atoms in total. The van der Waals surface area contributed by atoms with Crippen molar-refractivity contribution in [1.82, 2.24) is 19.5 Å². The molecular formula is C15H14FN5O6S. The van der Waals surface area contributed by atoms with E-state index in [2.05, 4.69) is 15.0 Å². The summed E-state index contributed by atoms with van der Waals surface area (Å²) in [5, 5.41) is 0. The van der Waals surface area contributed by atoms with Crippen LogP contribution < -0.4 is 11.3 Å². The summed E-state index contributed by atoms with van der Waals surface area (Å²) in [5.41, 5.74) is 5.45. The number of carbonyl (C=O) groups is 1. The number of hydrogen-bond acceptors (Lipinski definition) is 9. The summed E-state index contributed by atoms with van der Waals surface area (Å²) in [4.78, 5) is 33.2. The molecule has 0 aliphatic rings. The molecule has 0 aliphatic heterocycles. The Morgan fingerprint density at radius 2 is 1.96 bits per heavy atom. The van der Waals surface area contributed by atoms with Crippen LogP contribution in [0.25, 0.3) is 11.2 Å². The van der Waals surface area contributed by atoms with Gasteiger partial charge in [-0.1, -0.05) is 0 Å². The highest BCUT2D eigenvalue weighted by atomic mass is 32.3. The Morgan fingerprint density at radius 3 is 2.64 bits per heavy atom. The van der Waals surface area contributed by atoms with Crippen LogP contribution in [0, 0.1) is 0 Å². The highest BCUT2D eigenvalue weighted by Crippen LogP contribution is 2.13. The second-order valence-corrected chi connectivity index (χ2v) is 6.82. The van der Waals surface area contributed by atoms with Crippen molar-refractivity contribution in [2.75, 3.05) is 18.9 Å². The Morgan fingerprint density at radius 1 is 1.25 bits per heavy atom. The van der Waals surface area contributed by atoms with Gasteiger partial charge in [0, 0.05) is 0 Å². The Kier molecular flexibility index (Phi) is 5.37. The number of esters is 1. The van der Waals surface area contributed by atoms with Crippen LogP contribution in [0.1, 0.15) is 10.4 Å². The molecule has 0 amide bonds. The molecule has 3 rings (SSSR count). The minimum absolute atomic E-state index is 0.00694. The Balaban J connectivity index is 1.50. The third kappa shape index (κ3) is 4.32. The predicted molar refractivity (Wildman–Crippen MR) is 93.5 cm³/mol. The van der Waals surface area contributed by atoms with Gasteiger partial charge < -0.3 is 15.2 Å². The number of ether oxygens (including phenoxy) is 2. The number of imidazole rings is 1. The second-order valence-electron chi connectivity index (χ2n) is 5.47. The summed E-state index contributed by atoms with van der Waals surface area (Å²) < 4.78 is 46.1. The third-order valence-corrected chi connectivity index (χ3v) is 4.39. The molecule has 148 valence electrons. The van der Waals surface area contributed by atoms with Crippen LogP contribution in [0.15, 0.2) is 40.3 Å². The fourth-order valence-corrected chi connectivity index (χ4v) is 2.72. The molecule has 0 bridgehead atoms. The lowest BCUT2D eigenvalue weighted by atomic mass is 10.2. The Bertz CT molecular complexity index is 1170. The van der Waals surface area contributed by atoms with E-state index in [4.69, 9.17) is 15.2 Å². The lowest BCUT2D eigenvalue weighted by Crippen LogP contribution is -2.14. The zero-order valence-corrected chi connectivity index (χ0v) is 15.0. The van der Waals surface area contributed by atoms with Gasteiger partial charge in [0.2, 0.25) is 5.95 Å². The first-order valence-electron chi connectivity index (χ1n) is 7.76. The lowest BCUT2D eigenvalue weighted by molar-refractivity contribution is 0.0180. The summed E-state index contributed by atoms with van der Waals surface area (Å²) in [5.74, 6) is -0.778. The third-order valence-electron chi connectivity index (χ3n) is 3.56. The Hall–Kier alpha value is -3.32. The molecular weight excluding hydrogens is 397 g/mol. The van der Waals surface area contributed by atoms with Crippen molar-refractivity contribution in [1.29, 1.82) is 0 Å². The molecule has 13 heteroatoms. The summed E-state index contributed by atoms with van der Waals surface area (Å²) in [6.07, 6.45) is 1.36. The fraction of sp³-hybridized carbons (Fsp3) is 0.200. The van der Waals surface area contributed by atoms with E-state index < -0.39 is 26.6 Å². The number of nitrogens with one attached hydrogen (secondary N) is 1. The van der Waals surface area contributed by atoms with Gasteiger partial charge in [0.05, 0.1) is 23.4 Å². The lowest BCUT2D eigenvalue weighted by Gasteiger charge is -2.07. The topological polar surface area (TPSA) is 159 Å². The molecule has 3 aromatic rings. The van der Waals surface area contributed by atoms with Gasteiger partial charge in [-0.05, 0) is 24.3 Å². The molecule has 0 saturated carbocycles. The zero-order valence-electron chi connectivity index (χ0n) is 14.2. The Labute approximate surface area is 157 Å². The van der Waals surface area contributed by atoms with Gasteiger partial charge >= 0.3 is 16.2 Å². The molecule has 28 heavy (non-hydrogen) atoms. The molecule has 2 aromatic heterocycles. The van der Waals surface area contributed by atoms with E-state index >= 15 is 0 Å². The van der Waals surface area contributed by atoms with Crippen LogP contribution in [0.4, 0.5) is 9.83 Å². The first-order valence-corrected chi connectivity index (χ1v) is 9.14. The number of carbonyl (C=O) groups excluding carboxylic acids is 1. The normalized spacial score (nSPS) is 11.6. The van der Waals surface area contributed by atoms with Crippen molar-refractivity contribution in [2.45, 2.75) is 11.6 Å². The average molecular weight is 411 g/mol. The number of anilines is 1. The number of halogens is 1. The highest BCUT2D eigenvalue weighted by Gasteiger charge is 2.14. The van der Waals surface area contributed by atoms with Gasteiger partial charge in [-0.2, -0.15) is 13.4 Å². The van der Waals surface area contributed by atoms with E-state index in [0.29, 0.717) is 0 Å². The molecule has 0 atom stereocenters. The second kappa shape index (κ2) is 7.74. The minimum atomic E-state index is -4.83. The average Bonchev–Trinajstić information content (AvgIpc) is 3.04. The molecule has 2 heterocycles. The highest BCUT2D eigenvalue weighted by molar-refractivity contribution is 7.86. The number of aromatic amines is 1. The number of hydrogen-bond donors (Lipinski definition) is 2. The number of fused-ring (bicyclic) bond motifs is 1. The fourth-order valence-electron chi connectivity index (χ4n) is 2.26. The van der Waals surface area contributed by atoms with Crippen LogP contribution >= 0.6 is 0 Å². The molecule has 0 aliphatic carbocycles. The van der Waals surface area contributed by atoms with Crippen molar-refractivity contribution in [2.24, 2.45) is 0 Å². The van der Waals surface area contributed by atoms with Gasteiger partial charge in [0.15, 0.2) is 11.2 Å². The van der Waals surface area contributed by atoms with E-state index in [1.54, 1.807) is 0 Å². The first-order chi connectivity index (χ1) is 13.3. The molecule has 1 aromatic carbocycles. The van der Waals surface area contributed by atoms with E-state index in [9.17, 15) is 21.9 Å². The molecule has 0 unspecified atom stereocenters. The smallest absolute Gasteiger partial charge is 0.338 e. The van der Waals surface area contributed by atoms with E-state index in [1.807, 2.05) is 0 Å². The maximum absolute atomic E-state index is 12.8. The van der Waals surface area contributed by atoms with Gasteiger partial charge in [0.1, 0.15) is 13.3 Å². The number of nitrogen functional groups attached to an aromatic ring is 1. The largest absolute Gasteiger partial charge is 0.460 e. The van der Waals surface area contributed by atoms with E-state index in [0.717, 1.165) is 24.3 Å². The van der Waals surface area contributed by atoms with Crippen LogP contribution in [-0.4, -0.2) is 47.1 Å². The van der Waals surface area contributed by atoms with Crippen molar-refractivity contribution >= 4 is 33.3 Å². The predicted octanol–water partition coefficient (Wildman–Crippen LogP) is 0.191. The number of aromatic nitrogens is 4. The maximum Gasteiger partial charge on any atom is 0.338 e. The van der Waals surface area contributed by atoms with Crippen LogP contribution in [0.5, 0.6) is 0 Å². The SMILES string of the molecule is Nc1nc2c(ncn2COCCOC(=O)c2ccc(S(=O)(=O)F)cc2)c(=O)[nH]1. The van der Waals surface area contributed by atoms with Crippen LogP contribution in [0.2, 0.25) is 0 Å². The van der Waals surface area contributed by atoms with Crippen molar-refractivity contribution in [3.05, 3.63) is 46.5 Å². The summed E-state index contributed by atoms with van der Waals surface area (Å²) >= 11 is 0. The summed E-state index contributed by atoms with van der Waals surface area (Å²) in [6.45, 7) is -0.0706. The van der Waals surface area contributed by atoms with E-state index in [-0.39, 0.29) is 42.6 Å². The molecule has 3 N–H and O–H groups in total. The number of nitrogens with zero attached hydrogens (tertiary/aromatic N) is 3. The van der Waals surface area contributed by atoms with Crippen LogP contribution in [-0.2, 0) is 26.4 Å². The molecule has 0 saturated heterocycles.